The van der Waals surface area contributed by atoms with Gasteiger partial charge in [0, 0.05) is 20.2 Å². The summed E-state index contributed by atoms with van der Waals surface area (Å²) in [7, 11) is 5.20. The van der Waals surface area contributed by atoms with Crippen LogP contribution in [0.2, 0.25) is 5.28 Å². The van der Waals surface area contributed by atoms with E-state index in [2.05, 4.69) is 15.0 Å². The molecule has 0 amide bonds. The minimum absolute atomic E-state index is 0.0802. The molecule has 0 aliphatic heterocycles. The van der Waals surface area contributed by atoms with Gasteiger partial charge in [0.1, 0.15) is 11.5 Å². The molecule has 1 heterocycles. The Morgan fingerprint density at radius 3 is 2.53 bits per heavy atom. The topological polar surface area (TPSA) is 60.4 Å². The van der Waals surface area contributed by atoms with Crippen LogP contribution in [0.3, 0.4) is 0 Å². The van der Waals surface area contributed by atoms with Crippen molar-refractivity contribution in [3.63, 3.8) is 0 Å². The van der Waals surface area contributed by atoms with Crippen LogP contribution in [-0.2, 0) is 0 Å². The second-order valence-electron chi connectivity index (χ2n) is 3.86. The van der Waals surface area contributed by atoms with E-state index in [1.54, 1.807) is 38.2 Å². The van der Waals surface area contributed by atoms with Gasteiger partial charge in [-0.1, -0.05) is 6.07 Å². The van der Waals surface area contributed by atoms with Crippen LogP contribution < -0.4 is 14.4 Å². The smallest absolute Gasteiger partial charge is 0.328 e. The lowest BCUT2D eigenvalue weighted by molar-refractivity contribution is 0.404. The third-order valence-electron chi connectivity index (χ3n) is 2.23. The molecule has 0 saturated heterocycles. The molecule has 0 unspecified atom stereocenters. The van der Waals surface area contributed by atoms with Crippen molar-refractivity contribution in [1.29, 1.82) is 0 Å². The first kappa shape index (κ1) is 13.4. The average molecular weight is 281 g/mol. The van der Waals surface area contributed by atoms with Gasteiger partial charge in [-0.25, -0.2) is 0 Å². The third-order valence-corrected chi connectivity index (χ3v) is 2.40. The van der Waals surface area contributed by atoms with E-state index < -0.39 is 0 Å². The zero-order valence-electron chi connectivity index (χ0n) is 10.8. The quantitative estimate of drug-likeness (QED) is 0.857. The molecule has 7 heteroatoms. The van der Waals surface area contributed by atoms with Gasteiger partial charge in [0.2, 0.25) is 11.2 Å². The zero-order valence-corrected chi connectivity index (χ0v) is 11.5. The fourth-order valence-corrected chi connectivity index (χ4v) is 1.49. The number of halogens is 1. The molecular weight excluding hydrogens is 268 g/mol. The molecule has 0 aliphatic carbocycles. The van der Waals surface area contributed by atoms with Crippen LogP contribution in [0, 0.1) is 0 Å². The van der Waals surface area contributed by atoms with E-state index in [9.17, 15) is 0 Å². The number of methoxy groups -OCH3 is 1. The standard InChI is InChI=1S/C12H13ClN4O2/c1-17(2)11-14-10(13)15-12(16-11)19-9-6-4-5-8(7-9)18-3/h4-7H,1-3H3. The highest BCUT2D eigenvalue weighted by atomic mass is 35.5. The molecule has 0 atom stereocenters. The first-order valence-electron chi connectivity index (χ1n) is 5.49. The summed E-state index contributed by atoms with van der Waals surface area (Å²) in [4.78, 5) is 13.7. The molecule has 2 aromatic rings. The van der Waals surface area contributed by atoms with Gasteiger partial charge >= 0.3 is 6.01 Å². The van der Waals surface area contributed by atoms with E-state index in [4.69, 9.17) is 21.1 Å². The van der Waals surface area contributed by atoms with Crippen LogP contribution in [0.15, 0.2) is 24.3 Å². The van der Waals surface area contributed by atoms with Gasteiger partial charge in [0.15, 0.2) is 0 Å². The van der Waals surface area contributed by atoms with Crippen LogP contribution in [0.1, 0.15) is 0 Å². The van der Waals surface area contributed by atoms with Gasteiger partial charge in [0.05, 0.1) is 7.11 Å². The molecule has 19 heavy (non-hydrogen) atoms. The van der Waals surface area contributed by atoms with E-state index in [1.807, 2.05) is 12.1 Å². The zero-order chi connectivity index (χ0) is 13.8. The summed E-state index contributed by atoms with van der Waals surface area (Å²) in [5, 5.41) is 0.0802. The van der Waals surface area contributed by atoms with Gasteiger partial charge in [-0.15, -0.1) is 0 Å². The number of hydrogen-bond donors (Lipinski definition) is 0. The Hall–Kier alpha value is -2.08. The molecule has 6 nitrogen and oxygen atoms in total. The summed E-state index contributed by atoms with van der Waals surface area (Å²) < 4.78 is 10.6. The number of rotatable bonds is 4. The first-order chi connectivity index (χ1) is 9.08. The fourth-order valence-electron chi connectivity index (χ4n) is 1.34. The molecule has 0 spiro atoms. The monoisotopic (exact) mass is 280 g/mol. The van der Waals surface area contributed by atoms with Crippen LogP contribution in [0.4, 0.5) is 5.95 Å². The highest BCUT2D eigenvalue weighted by Gasteiger charge is 2.09. The molecule has 0 saturated carbocycles. The Morgan fingerprint density at radius 1 is 1.11 bits per heavy atom. The molecule has 0 bridgehead atoms. The van der Waals surface area contributed by atoms with Gasteiger partial charge in [-0.3, -0.25) is 0 Å². The fraction of sp³-hybridized carbons (Fsp3) is 0.250. The van der Waals surface area contributed by atoms with Crippen molar-refractivity contribution in [2.75, 3.05) is 26.1 Å². The largest absolute Gasteiger partial charge is 0.497 e. The summed E-state index contributed by atoms with van der Waals surface area (Å²) in [6, 6.07) is 7.27. The van der Waals surface area contributed by atoms with Crippen molar-refractivity contribution in [3.05, 3.63) is 29.5 Å². The molecule has 0 radical (unpaired) electrons. The van der Waals surface area contributed by atoms with Crippen LogP contribution in [-0.4, -0.2) is 36.2 Å². The highest BCUT2D eigenvalue weighted by Crippen LogP contribution is 2.24. The Balaban J connectivity index is 2.27. The van der Waals surface area contributed by atoms with Gasteiger partial charge in [-0.05, 0) is 23.7 Å². The van der Waals surface area contributed by atoms with Crippen molar-refractivity contribution in [2.24, 2.45) is 0 Å². The lowest BCUT2D eigenvalue weighted by atomic mass is 10.3. The molecule has 0 aliphatic rings. The minimum atomic E-state index is 0.0802. The predicted molar refractivity (Wildman–Crippen MR) is 72.2 cm³/mol. The van der Waals surface area contributed by atoms with Crippen LogP contribution >= 0.6 is 11.6 Å². The van der Waals surface area contributed by atoms with Crippen LogP contribution in [0.25, 0.3) is 0 Å². The van der Waals surface area contributed by atoms with E-state index in [0.29, 0.717) is 17.4 Å². The summed E-state index contributed by atoms with van der Waals surface area (Å²) in [6.07, 6.45) is 0. The summed E-state index contributed by atoms with van der Waals surface area (Å²) >= 11 is 5.83. The predicted octanol–water partition coefficient (Wildman–Crippen LogP) is 2.39. The molecule has 1 aromatic carbocycles. The maximum atomic E-state index is 5.83. The van der Waals surface area contributed by atoms with E-state index in [0.717, 1.165) is 0 Å². The van der Waals surface area contributed by atoms with Gasteiger partial charge in [-0.2, -0.15) is 15.0 Å². The lowest BCUT2D eigenvalue weighted by Crippen LogP contribution is -2.13. The Bertz CT molecular complexity index is 577. The number of nitrogens with zero attached hydrogens (tertiary/aromatic N) is 4. The SMILES string of the molecule is COc1cccc(Oc2nc(Cl)nc(N(C)C)n2)c1. The summed E-state index contributed by atoms with van der Waals surface area (Å²) in [6.45, 7) is 0. The highest BCUT2D eigenvalue weighted by molar-refractivity contribution is 6.28. The Labute approximate surface area is 116 Å². The molecule has 100 valence electrons. The van der Waals surface area contributed by atoms with E-state index >= 15 is 0 Å². The number of benzene rings is 1. The average Bonchev–Trinajstić information content (AvgIpc) is 2.38. The van der Waals surface area contributed by atoms with Gasteiger partial charge in [0.25, 0.3) is 0 Å². The Morgan fingerprint density at radius 2 is 1.84 bits per heavy atom. The van der Waals surface area contributed by atoms with E-state index in [-0.39, 0.29) is 11.3 Å². The normalized spacial score (nSPS) is 10.1. The maximum absolute atomic E-state index is 5.83. The minimum Gasteiger partial charge on any atom is -0.497 e. The molecular formula is C12H13ClN4O2. The molecule has 1 aromatic heterocycles. The van der Waals surface area contributed by atoms with E-state index in [1.165, 1.54) is 0 Å². The molecule has 0 fully saturated rings. The number of hydrogen-bond acceptors (Lipinski definition) is 6. The second-order valence-corrected chi connectivity index (χ2v) is 4.20. The van der Waals surface area contributed by atoms with Crippen LogP contribution in [0.5, 0.6) is 17.5 Å². The molecule has 2 rings (SSSR count). The summed E-state index contributed by atoms with van der Waals surface area (Å²) in [5.41, 5.74) is 0. The van der Waals surface area contributed by atoms with Crippen molar-refractivity contribution in [1.82, 2.24) is 15.0 Å². The number of aromatic nitrogens is 3. The second kappa shape index (κ2) is 5.71. The van der Waals surface area contributed by atoms with Crippen molar-refractivity contribution >= 4 is 17.5 Å². The number of ether oxygens (including phenoxy) is 2. The number of anilines is 1. The van der Waals surface area contributed by atoms with Crippen molar-refractivity contribution in [3.8, 4) is 17.5 Å². The summed E-state index contributed by atoms with van der Waals surface area (Å²) in [5.74, 6) is 1.68. The van der Waals surface area contributed by atoms with Crippen molar-refractivity contribution < 1.29 is 9.47 Å². The Kier molecular flexibility index (Phi) is 4.01. The lowest BCUT2D eigenvalue weighted by Gasteiger charge is -2.11. The maximum Gasteiger partial charge on any atom is 0.328 e. The first-order valence-corrected chi connectivity index (χ1v) is 5.87. The third kappa shape index (κ3) is 3.45. The van der Waals surface area contributed by atoms with Crippen molar-refractivity contribution in [2.45, 2.75) is 0 Å². The van der Waals surface area contributed by atoms with Gasteiger partial charge < -0.3 is 14.4 Å². The molecule has 0 N–H and O–H groups in total.